The van der Waals surface area contributed by atoms with Crippen molar-refractivity contribution in [3.05, 3.63) is 42.6 Å². The number of nitrogens with one attached hydrogen (secondary N) is 1. The molecule has 0 spiro atoms. The number of aromatic nitrogens is 4. The molecule has 35 heavy (non-hydrogen) atoms. The van der Waals surface area contributed by atoms with Crippen LogP contribution in [0.1, 0.15) is 32.1 Å². The first-order valence-electron chi connectivity index (χ1n) is 11.9. The minimum atomic E-state index is -0.964. The molecule has 2 aromatic heterocycles. The molecule has 3 aliphatic rings. The molecule has 8 nitrogen and oxygen atoms in total. The summed E-state index contributed by atoms with van der Waals surface area (Å²) in [5.41, 5.74) is 2.11. The van der Waals surface area contributed by atoms with Gasteiger partial charge < -0.3 is 20.1 Å². The van der Waals surface area contributed by atoms with Gasteiger partial charge in [0.2, 0.25) is 5.95 Å². The zero-order valence-corrected chi connectivity index (χ0v) is 19.2. The van der Waals surface area contributed by atoms with Gasteiger partial charge in [-0.3, -0.25) is 0 Å². The highest BCUT2D eigenvalue weighted by Crippen LogP contribution is 2.40. The Balaban J connectivity index is 1.26. The maximum Gasteiger partial charge on any atom is 0.255 e. The van der Waals surface area contributed by atoms with Crippen LogP contribution in [0.25, 0.3) is 22.4 Å². The number of hydrogen-bond acceptors (Lipinski definition) is 8. The Morgan fingerprint density at radius 1 is 1.06 bits per heavy atom. The van der Waals surface area contributed by atoms with Crippen LogP contribution in [-0.2, 0) is 0 Å². The Morgan fingerprint density at radius 2 is 1.91 bits per heavy atom. The van der Waals surface area contributed by atoms with E-state index in [2.05, 4.69) is 25.5 Å². The van der Waals surface area contributed by atoms with Gasteiger partial charge in [-0.05, 0) is 55.9 Å². The lowest BCUT2D eigenvalue weighted by atomic mass is 9.96. The zero-order valence-electron chi connectivity index (χ0n) is 19.2. The second-order valence-electron chi connectivity index (χ2n) is 9.53. The fourth-order valence-electron chi connectivity index (χ4n) is 5.35. The number of phenols is 1. The molecule has 3 fully saturated rings. The molecule has 10 heteroatoms. The highest BCUT2D eigenvalue weighted by Gasteiger charge is 2.48. The van der Waals surface area contributed by atoms with Gasteiger partial charge in [-0.2, -0.15) is 4.39 Å². The number of pyridine rings is 1. The summed E-state index contributed by atoms with van der Waals surface area (Å²) in [7, 11) is 1.37. The van der Waals surface area contributed by atoms with Crippen LogP contribution in [0.4, 0.5) is 14.7 Å². The van der Waals surface area contributed by atoms with E-state index in [-0.39, 0.29) is 29.6 Å². The maximum absolute atomic E-state index is 15.3. The number of fused-ring (bicyclic) bond motifs is 2. The molecule has 4 heterocycles. The van der Waals surface area contributed by atoms with Gasteiger partial charge in [0.1, 0.15) is 17.6 Å². The number of hydrogen-bond donors (Lipinski definition) is 2. The molecule has 2 N–H and O–H groups in total. The number of rotatable bonds is 6. The Bertz CT molecular complexity index is 1240. The number of aromatic hydroxyl groups is 1. The average molecular weight is 481 g/mol. The fourth-order valence-corrected chi connectivity index (χ4v) is 5.35. The van der Waals surface area contributed by atoms with Crippen LogP contribution in [0.3, 0.4) is 0 Å². The summed E-state index contributed by atoms with van der Waals surface area (Å²) in [6.07, 6.45) is 6.60. The normalized spacial score (nSPS) is 25.5. The van der Waals surface area contributed by atoms with Crippen LogP contribution in [-0.4, -0.2) is 62.7 Å². The van der Waals surface area contributed by atoms with E-state index in [0.717, 1.165) is 32.1 Å². The van der Waals surface area contributed by atoms with E-state index < -0.39 is 12.1 Å². The number of piperidine rings is 1. The second kappa shape index (κ2) is 8.67. The predicted molar refractivity (Wildman–Crippen MR) is 125 cm³/mol. The molecule has 182 valence electrons. The molecule has 2 saturated heterocycles. The van der Waals surface area contributed by atoms with Gasteiger partial charge in [-0.15, -0.1) is 10.2 Å². The number of anilines is 1. The number of ether oxygens (including phenoxy) is 1. The Labute approximate surface area is 201 Å². The molecule has 0 unspecified atom stereocenters. The molecule has 1 aromatic carbocycles. The maximum atomic E-state index is 15.3. The van der Waals surface area contributed by atoms with Gasteiger partial charge in [0.05, 0.1) is 19.3 Å². The molecule has 3 aromatic rings. The number of benzene rings is 1. The van der Waals surface area contributed by atoms with Gasteiger partial charge in [0.15, 0.2) is 5.75 Å². The molecule has 2 aliphatic heterocycles. The predicted octanol–water partition coefficient (Wildman–Crippen LogP) is 3.65. The van der Waals surface area contributed by atoms with Crippen molar-refractivity contribution < 1.29 is 18.6 Å². The van der Waals surface area contributed by atoms with E-state index in [1.807, 2.05) is 4.90 Å². The van der Waals surface area contributed by atoms with Crippen LogP contribution in [0, 0.1) is 5.95 Å². The Hall–Kier alpha value is -3.40. The lowest BCUT2D eigenvalue weighted by Crippen LogP contribution is -2.57. The molecule has 6 rings (SSSR count). The van der Waals surface area contributed by atoms with E-state index in [1.54, 1.807) is 24.4 Å². The van der Waals surface area contributed by atoms with E-state index in [1.165, 1.54) is 19.4 Å². The quantitative estimate of drug-likeness (QED) is 0.516. The first-order valence-corrected chi connectivity index (χ1v) is 11.9. The van der Waals surface area contributed by atoms with Crippen LogP contribution in [0.15, 0.2) is 36.7 Å². The molecule has 1 aliphatic carbocycles. The summed E-state index contributed by atoms with van der Waals surface area (Å²) in [5.74, 6) is -0.262. The van der Waals surface area contributed by atoms with Crippen molar-refractivity contribution in [3.63, 3.8) is 0 Å². The van der Waals surface area contributed by atoms with Crippen LogP contribution in [0.5, 0.6) is 11.5 Å². The third kappa shape index (κ3) is 4.05. The summed E-state index contributed by atoms with van der Waals surface area (Å²) in [5, 5.41) is 22.7. The summed E-state index contributed by atoms with van der Waals surface area (Å²) in [6.45, 7) is 0. The van der Waals surface area contributed by atoms with Gasteiger partial charge in [0, 0.05) is 35.4 Å². The summed E-state index contributed by atoms with van der Waals surface area (Å²) >= 11 is 0. The molecule has 0 radical (unpaired) electrons. The molecule has 4 atom stereocenters. The van der Waals surface area contributed by atoms with Crippen LogP contribution < -0.4 is 15.0 Å². The minimum absolute atomic E-state index is 0.0209. The van der Waals surface area contributed by atoms with Crippen molar-refractivity contribution in [1.82, 2.24) is 25.5 Å². The summed E-state index contributed by atoms with van der Waals surface area (Å²) < 4.78 is 33.9. The summed E-state index contributed by atoms with van der Waals surface area (Å²) in [6, 6.07) is 6.79. The van der Waals surface area contributed by atoms with Crippen molar-refractivity contribution >= 4 is 5.95 Å². The molecule has 1 saturated carbocycles. The van der Waals surface area contributed by atoms with Crippen molar-refractivity contribution in [2.45, 2.75) is 62.4 Å². The lowest BCUT2D eigenvalue weighted by Gasteiger charge is -2.40. The molecular weight excluding hydrogens is 454 g/mol. The monoisotopic (exact) mass is 480 g/mol. The standard InChI is InChI=1S/C25H26F2N6O2/c1-35-22-9-14(11-28-24(22)27)13-2-6-17(21(34)8-13)19-12-29-25(32-31-19)33(16-4-5-16)20-10-15-3-7-18(30-15)23(20)26/h2,6,8-9,11-12,15-16,18,20,23,30,34H,3-5,7,10H2,1H3/t15-,18-,20-,23+/m0/s1. The largest absolute Gasteiger partial charge is 0.507 e. The van der Waals surface area contributed by atoms with E-state index in [9.17, 15) is 9.50 Å². The van der Waals surface area contributed by atoms with Gasteiger partial charge in [-0.25, -0.2) is 14.4 Å². The van der Waals surface area contributed by atoms with E-state index in [4.69, 9.17) is 4.74 Å². The number of alkyl halides is 1. The smallest absolute Gasteiger partial charge is 0.255 e. The molecule has 0 amide bonds. The van der Waals surface area contributed by atoms with Crippen LogP contribution in [0.2, 0.25) is 0 Å². The molecular formula is C25H26F2N6O2. The summed E-state index contributed by atoms with van der Waals surface area (Å²) in [4.78, 5) is 10.3. The second-order valence-corrected chi connectivity index (χ2v) is 9.53. The number of phenolic OH excluding ortho intramolecular Hbond substituents is 1. The Morgan fingerprint density at radius 3 is 2.63 bits per heavy atom. The van der Waals surface area contributed by atoms with Gasteiger partial charge in [0.25, 0.3) is 5.95 Å². The SMILES string of the molecule is COc1cc(-c2ccc(-c3cnc(N(C4CC4)[C@H]4C[C@@H]5CC[C@H](N5)[C@H]4F)nn3)c(O)c2)cnc1F. The first kappa shape index (κ1) is 22.1. The molecule has 2 bridgehead atoms. The average Bonchev–Trinajstić information content (AvgIpc) is 3.62. The number of methoxy groups -OCH3 is 1. The van der Waals surface area contributed by atoms with E-state index in [0.29, 0.717) is 34.4 Å². The van der Waals surface area contributed by atoms with Crippen LogP contribution >= 0.6 is 0 Å². The zero-order chi connectivity index (χ0) is 24.1. The fraction of sp³-hybridized carbons (Fsp3) is 0.440. The van der Waals surface area contributed by atoms with E-state index >= 15 is 4.39 Å². The van der Waals surface area contributed by atoms with Crippen molar-refractivity contribution in [3.8, 4) is 33.9 Å². The van der Waals surface area contributed by atoms with Gasteiger partial charge >= 0.3 is 0 Å². The van der Waals surface area contributed by atoms with Crippen molar-refractivity contribution in [2.75, 3.05) is 12.0 Å². The third-order valence-electron chi connectivity index (χ3n) is 7.27. The minimum Gasteiger partial charge on any atom is -0.507 e. The number of nitrogens with zero attached hydrogens (tertiary/aromatic N) is 5. The topological polar surface area (TPSA) is 96.3 Å². The van der Waals surface area contributed by atoms with Crippen molar-refractivity contribution in [2.24, 2.45) is 0 Å². The van der Waals surface area contributed by atoms with Crippen molar-refractivity contribution in [1.29, 1.82) is 0 Å². The Kier molecular flexibility index (Phi) is 5.47. The first-order chi connectivity index (χ1) is 17.0. The highest BCUT2D eigenvalue weighted by molar-refractivity contribution is 5.74. The highest BCUT2D eigenvalue weighted by atomic mass is 19.1. The van der Waals surface area contributed by atoms with Gasteiger partial charge in [-0.1, -0.05) is 6.07 Å². The lowest BCUT2D eigenvalue weighted by molar-refractivity contribution is 0.171. The third-order valence-corrected chi connectivity index (χ3v) is 7.27. The number of halogens is 2.